The van der Waals surface area contributed by atoms with Gasteiger partial charge in [-0.2, -0.15) is 0 Å². The van der Waals surface area contributed by atoms with Crippen LogP contribution >= 0.6 is 45.7 Å². The van der Waals surface area contributed by atoms with Crippen LogP contribution in [-0.2, 0) is 0 Å². The van der Waals surface area contributed by atoms with E-state index in [1.807, 2.05) is 0 Å². The molecule has 54 valence electrons. The van der Waals surface area contributed by atoms with Gasteiger partial charge in [0.2, 0.25) is 0 Å². The van der Waals surface area contributed by atoms with Crippen molar-refractivity contribution >= 4 is 45.7 Å². The summed E-state index contributed by atoms with van der Waals surface area (Å²) in [5, 5.41) is 0. The SMILES string of the molecule is C[C@@H]1CN(I)CCN1I. The standard InChI is InChI=1S/C5H10I2N2/c1-5-4-8(6)2-3-9(5)7/h5H,2-4H2,1H3/t5-/m1/s1. The van der Waals surface area contributed by atoms with Gasteiger partial charge in [-0.05, 0) is 6.92 Å². The molecule has 1 aliphatic heterocycles. The maximum atomic E-state index is 2.40. The molecule has 0 saturated carbocycles. The van der Waals surface area contributed by atoms with Crippen LogP contribution in [0.15, 0.2) is 0 Å². The van der Waals surface area contributed by atoms with E-state index in [0.29, 0.717) is 0 Å². The number of piperazine rings is 1. The van der Waals surface area contributed by atoms with E-state index in [0.717, 1.165) is 6.04 Å². The van der Waals surface area contributed by atoms with Crippen molar-refractivity contribution in [1.29, 1.82) is 0 Å². The maximum absolute atomic E-state index is 2.40. The number of rotatable bonds is 0. The topological polar surface area (TPSA) is 6.48 Å². The van der Waals surface area contributed by atoms with Gasteiger partial charge >= 0.3 is 0 Å². The van der Waals surface area contributed by atoms with Gasteiger partial charge in [-0.15, -0.1) is 0 Å². The van der Waals surface area contributed by atoms with Gasteiger partial charge in [-0.25, -0.2) is 6.23 Å². The molecule has 0 N–H and O–H groups in total. The molecule has 1 fully saturated rings. The molecule has 9 heavy (non-hydrogen) atoms. The van der Waals surface area contributed by atoms with Crippen molar-refractivity contribution in [2.75, 3.05) is 19.6 Å². The molecule has 0 bridgehead atoms. The predicted octanol–water partition coefficient (Wildman–Crippen LogP) is 1.69. The molecule has 1 aliphatic rings. The van der Waals surface area contributed by atoms with Crippen LogP contribution in [0.4, 0.5) is 0 Å². The minimum atomic E-state index is 0.719. The second-order valence-corrected chi connectivity index (χ2v) is 4.94. The van der Waals surface area contributed by atoms with E-state index in [4.69, 9.17) is 0 Å². The zero-order chi connectivity index (χ0) is 6.85. The number of nitrogens with zero attached hydrogens (tertiary/aromatic N) is 2. The van der Waals surface area contributed by atoms with Crippen LogP contribution in [0.2, 0.25) is 0 Å². The fraction of sp³-hybridized carbons (Fsp3) is 1.00. The molecule has 0 aromatic heterocycles. The second kappa shape index (κ2) is 3.68. The molecular weight excluding hydrogens is 342 g/mol. The Morgan fingerprint density at radius 1 is 1.33 bits per heavy atom. The summed E-state index contributed by atoms with van der Waals surface area (Å²) < 4.78 is 4.71. The largest absolute Gasteiger partial charge is 0.245 e. The molecule has 0 spiro atoms. The summed E-state index contributed by atoms with van der Waals surface area (Å²) in [7, 11) is 0. The molecule has 0 unspecified atom stereocenters. The fourth-order valence-electron chi connectivity index (χ4n) is 0.891. The number of hydrogen-bond donors (Lipinski definition) is 0. The van der Waals surface area contributed by atoms with Gasteiger partial charge in [0.25, 0.3) is 0 Å². The van der Waals surface area contributed by atoms with Gasteiger partial charge in [-0.1, -0.05) is 0 Å². The first-order chi connectivity index (χ1) is 4.20. The Hall–Kier alpha value is 1.38. The minimum absolute atomic E-state index is 0.719. The lowest BCUT2D eigenvalue weighted by atomic mass is 10.3. The van der Waals surface area contributed by atoms with Gasteiger partial charge in [0.15, 0.2) is 0 Å². The smallest absolute Gasteiger partial charge is 0.0302 e. The summed E-state index contributed by atoms with van der Waals surface area (Å²) in [6, 6.07) is 0.719. The highest BCUT2D eigenvalue weighted by Crippen LogP contribution is 2.15. The Kier molecular flexibility index (Phi) is 3.47. The van der Waals surface area contributed by atoms with Gasteiger partial charge in [0, 0.05) is 71.4 Å². The minimum Gasteiger partial charge on any atom is -0.245 e. The average molecular weight is 352 g/mol. The van der Waals surface area contributed by atoms with E-state index in [-0.39, 0.29) is 0 Å². The van der Waals surface area contributed by atoms with Crippen molar-refractivity contribution in [3.8, 4) is 0 Å². The quantitative estimate of drug-likeness (QED) is 0.484. The highest BCUT2D eigenvalue weighted by molar-refractivity contribution is 14.1. The summed E-state index contributed by atoms with van der Waals surface area (Å²) in [4.78, 5) is 0. The van der Waals surface area contributed by atoms with Crippen LogP contribution in [0.3, 0.4) is 0 Å². The molecule has 0 aromatic rings. The second-order valence-electron chi connectivity index (χ2n) is 2.34. The van der Waals surface area contributed by atoms with E-state index < -0.39 is 0 Å². The molecule has 1 rings (SSSR count). The van der Waals surface area contributed by atoms with Crippen LogP contribution < -0.4 is 0 Å². The molecule has 2 nitrogen and oxygen atoms in total. The highest BCUT2D eigenvalue weighted by Gasteiger charge is 2.19. The van der Waals surface area contributed by atoms with Crippen molar-refractivity contribution in [3.63, 3.8) is 0 Å². The Morgan fingerprint density at radius 2 is 2.00 bits per heavy atom. The van der Waals surface area contributed by atoms with Gasteiger partial charge < -0.3 is 0 Å². The first kappa shape index (κ1) is 8.48. The molecule has 1 heterocycles. The van der Waals surface area contributed by atoms with Crippen LogP contribution in [-0.4, -0.2) is 31.9 Å². The number of hydrogen-bond acceptors (Lipinski definition) is 2. The Balaban J connectivity index is 2.35. The molecule has 0 aromatic carbocycles. The van der Waals surface area contributed by atoms with Crippen LogP contribution in [0.25, 0.3) is 0 Å². The molecule has 0 amide bonds. The van der Waals surface area contributed by atoms with E-state index >= 15 is 0 Å². The average Bonchev–Trinajstić information content (AvgIpc) is 1.80. The van der Waals surface area contributed by atoms with Crippen LogP contribution in [0, 0.1) is 0 Å². The molecule has 1 atom stereocenters. The summed E-state index contributed by atoms with van der Waals surface area (Å²) in [6.45, 7) is 5.86. The summed E-state index contributed by atoms with van der Waals surface area (Å²) >= 11 is 4.78. The molecule has 4 heteroatoms. The predicted molar refractivity (Wildman–Crippen MR) is 55.8 cm³/mol. The summed E-state index contributed by atoms with van der Waals surface area (Å²) in [5.41, 5.74) is 0. The lowest BCUT2D eigenvalue weighted by molar-refractivity contribution is 0.274. The van der Waals surface area contributed by atoms with Crippen LogP contribution in [0.1, 0.15) is 6.92 Å². The summed E-state index contributed by atoms with van der Waals surface area (Å²) in [5.74, 6) is 0. The fourth-order valence-corrected chi connectivity index (χ4v) is 2.07. The Labute approximate surface area is 83.9 Å². The zero-order valence-electron chi connectivity index (χ0n) is 5.35. The lowest BCUT2D eigenvalue weighted by Gasteiger charge is -2.32. The molecule has 0 radical (unpaired) electrons. The lowest BCUT2D eigenvalue weighted by Crippen LogP contribution is -2.43. The Morgan fingerprint density at radius 3 is 2.44 bits per heavy atom. The molecule has 0 aliphatic carbocycles. The van der Waals surface area contributed by atoms with Gasteiger partial charge in [-0.3, -0.25) is 0 Å². The highest BCUT2D eigenvalue weighted by atomic mass is 127. The van der Waals surface area contributed by atoms with E-state index in [2.05, 4.69) is 58.9 Å². The van der Waals surface area contributed by atoms with Gasteiger partial charge in [0.1, 0.15) is 0 Å². The molecule has 1 saturated heterocycles. The van der Waals surface area contributed by atoms with Gasteiger partial charge in [0.05, 0.1) is 0 Å². The van der Waals surface area contributed by atoms with Crippen molar-refractivity contribution in [1.82, 2.24) is 6.23 Å². The first-order valence-corrected chi connectivity index (χ1v) is 4.96. The molecular formula is C5H10I2N2. The monoisotopic (exact) mass is 352 g/mol. The van der Waals surface area contributed by atoms with Crippen molar-refractivity contribution < 1.29 is 0 Å². The van der Waals surface area contributed by atoms with Crippen molar-refractivity contribution in [2.45, 2.75) is 13.0 Å². The van der Waals surface area contributed by atoms with Crippen molar-refractivity contribution in [2.24, 2.45) is 0 Å². The number of halogens is 2. The maximum Gasteiger partial charge on any atom is 0.0302 e. The van der Waals surface area contributed by atoms with Crippen LogP contribution in [0.5, 0.6) is 0 Å². The van der Waals surface area contributed by atoms with E-state index in [9.17, 15) is 0 Å². The van der Waals surface area contributed by atoms with E-state index in [1.54, 1.807) is 0 Å². The normalized spacial score (nSPS) is 33.0. The third-order valence-corrected chi connectivity index (χ3v) is 3.81. The first-order valence-electron chi connectivity index (χ1n) is 3.03. The zero-order valence-corrected chi connectivity index (χ0v) is 9.66. The third kappa shape index (κ3) is 2.47. The van der Waals surface area contributed by atoms with Crippen molar-refractivity contribution in [3.05, 3.63) is 0 Å². The summed E-state index contributed by atoms with van der Waals surface area (Å²) in [6.07, 6.45) is 0. The van der Waals surface area contributed by atoms with E-state index in [1.165, 1.54) is 19.6 Å². The third-order valence-electron chi connectivity index (χ3n) is 1.50. The Bertz CT molecular complexity index is 99.0.